The van der Waals surface area contributed by atoms with Gasteiger partial charge in [0.15, 0.2) is 0 Å². The van der Waals surface area contributed by atoms with Crippen molar-refractivity contribution in [2.45, 2.75) is 38.0 Å². The molecule has 26 heavy (non-hydrogen) atoms. The number of likely N-dealkylation sites (tertiary alicyclic amines) is 1. The van der Waals surface area contributed by atoms with Crippen molar-refractivity contribution in [3.8, 4) is 0 Å². The highest BCUT2D eigenvalue weighted by molar-refractivity contribution is 6.31. The summed E-state index contributed by atoms with van der Waals surface area (Å²) in [6, 6.07) is 5.85. The maximum atomic E-state index is 12.4. The minimum absolute atomic E-state index is 0.0419. The largest absolute Gasteiger partial charge is 0.372 e. The smallest absolute Gasteiger partial charge is 0.226 e. The SMILES string of the molecule is Cc1cc(COC2CN(C(=O)C3CC(N)(COCC=O)C3)C2)ccc1Cl. The van der Waals surface area contributed by atoms with Gasteiger partial charge in [0.2, 0.25) is 5.91 Å². The molecular weight excluding hydrogens is 356 g/mol. The fourth-order valence-electron chi connectivity index (χ4n) is 3.52. The van der Waals surface area contributed by atoms with Crippen LogP contribution < -0.4 is 5.73 Å². The molecule has 0 radical (unpaired) electrons. The summed E-state index contributed by atoms with van der Waals surface area (Å²) in [5.74, 6) is 0.100. The zero-order valence-corrected chi connectivity index (χ0v) is 15.7. The Kier molecular flexibility index (Phi) is 5.97. The van der Waals surface area contributed by atoms with Crippen molar-refractivity contribution in [1.82, 2.24) is 4.90 Å². The van der Waals surface area contributed by atoms with Gasteiger partial charge in [-0.3, -0.25) is 4.79 Å². The lowest BCUT2D eigenvalue weighted by atomic mass is 9.68. The van der Waals surface area contributed by atoms with Crippen LogP contribution in [0, 0.1) is 12.8 Å². The van der Waals surface area contributed by atoms with Crippen molar-refractivity contribution >= 4 is 23.8 Å². The number of benzene rings is 1. The Morgan fingerprint density at radius 3 is 2.81 bits per heavy atom. The van der Waals surface area contributed by atoms with E-state index in [9.17, 15) is 9.59 Å². The van der Waals surface area contributed by atoms with Gasteiger partial charge in [0.25, 0.3) is 0 Å². The molecule has 0 spiro atoms. The standard InChI is InChI=1S/C19H25ClN2O4/c1-13-6-14(2-3-17(13)20)11-26-16-9-22(10-16)18(24)15-7-19(21,8-15)12-25-5-4-23/h2-4,6,15-16H,5,7-12,21H2,1H3. The van der Waals surface area contributed by atoms with Crippen LogP contribution in [0.5, 0.6) is 0 Å². The molecule has 142 valence electrons. The van der Waals surface area contributed by atoms with E-state index < -0.39 is 5.54 Å². The van der Waals surface area contributed by atoms with Gasteiger partial charge in [0.1, 0.15) is 12.9 Å². The van der Waals surface area contributed by atoms with Gasteiger partial charge in [-0.1, -0.05) is 23.7 Å². The summed E-state index contributed by atoms with van der Waals surface area (Å²) in [6.45, 7) is 4.11. The molecule has 2 aliphatic rings. The molecule has 7 heteroatoms. The molecule has 6 nitrogen and oxygen atoms in total. The van der Waals surface area contributed by atoms with Crippen molar-refractivity contribution in [2.24, 2.45) is 11.7 Å². The van der Waals surface area contributed by atoms with E-state index in [1.807, 2.05) is 30.0 Å². The lowest BCUT2D eigenvalue weighted by molar-refractivity contribution is -0.156. The van der Waals surface area contributed by atoms with E-state index in [2.05, 4.69) is 0 Å². The second-order valence-electron chi connectivity index (χ2n) is 7.41. The number of carbonyl (C=O) groups excluding carboxylic acids is 2. The summed E-state index contributed by atoms with van der Waals surface area (Å²) in [5.41, 5.74) is 7.79. The highest BCUT2D eigenvalue weighted by Crippen LogP contribution is 2.38. The second-order valence-corrected chi connectivity index (χ2v) is 7.82. The van der Waals surface area contributed by atoms with Crippen LogP contribution in [-0.4, -0.2) is 55.0 Å². The summed E-state index contributed by atoms with van der Waals surface area (Å²) in [6.07, 6.45) is 2.00. The Morgan fingerprint density at radius 1 is 1.42 bits per heavy atom. The monoisotopic (exact) mass is 380 g/mol. The van der Waals surface area contributed by atoms with Crippen molar-refractivity contribution in [2.75, 3.05) is 26.3 Å². The molecule has 1 saturated heterocycles. The van der Waals surface area contributed by atoms with Gasteiger partial charge in [0, 0.05) is 29.6 Å². The van der Waals surface area contributed by atoms with Gasteiger partial charge >= 0.3 is 0 Å². The first-order valence-electron chi connectivity index (χ1n) is 8.86. The summed E-state index contributed by atoms with van der Waals surface area (Å²) in [5, 5.41) is 0.752. The number of hydrogen-bond donors (Lipinski definition) is 1. The lowest BCUT2D eigenvalue weighted by Gasteiger charge is -2.48. The average Bonchev–Trinajstić information content (AvgIpc) is 2.54. The minimum Gasteiger partial charge on any atom is -0.372 e. The number of amides is 1. The van der Waals surface area contributed by atoms with E-state index in [4.69, 9.17) is 26.8 Å². The number of nitrogens with two attached hydrogens (primary N) is 1. The molecule has 1 aromatic carbocycles. The molecule has 0 unspecified atom stereocenters. The van der Waals surface area contributed by atoms with Crippen molar-refractivity contribution in [3.05, 3.63) is 34.3 Å². The van der Waals surface area contributed by atoms with Crippen LogP contribution in [0.4, 0.5) is 0 Å². The third-order valence-corrected chi connectivity index (χ3v) is 5.52. The molecule has 1 aromatic rings. The third kappa shape index (κ3) is 4.43. The van der Waals surface area contributed by atoms with Crippen LogP contribution in [0.2, 0.25) is 5.02 Å². The average molecular weight is 381 g/mol. The van der Waals surface area contributed by atoms with Crippen LogP contribution in [-0.2, 0) is 25.7 Å². The first-order valence-corrected chi connectivity index (χ1v) is 9.24. The summed E-state index contributed by atoms with van der Waals surface area (Å²) in [7, 11) is 0. The van der Waals surface area contributed by atoms with E-state index in [0.717, 1.165) is 16.1 Å². The molecule has 2 fully saturated rings. The van der Waals surface area contributed by atoms with Crippen LogP contribution >= 0.6 is 11.6 Å². The van der Waals surface area contributed by atoms with E-state index in [1.165, 1.54) is 0 Å². The van der Waals surface area contributed by atoms with Gasteiger partial charge in [-0.05, 0) is 37.0 Å². The van der Waals surface area contributed by atoms with Gasteiger partial charge < -0.3 is 24.9 Å². The van der Waals surface area contributed by atoms with Crippen molar-refractivity contribution in [3.63, 3.8) is 0 Å². The fraction of sp³-hybridized carbons (Fsp3) is 0.579. The first-order chi connectivity index (χ1) is 12.4. The van der Waals surface area contributed by atoms with Crippen LogP contribution in [0.1, 0.15) is 24.0 Å². The molecule has 1 amide bonds. The molecule has 2 N–H and O–H groups in total. The zero-order chi connectivity index (χ0) is 18.7. The molecular formula is C19H25ClN2O4. The van der Waals surface area contributed by atoms with Gasteiger partial charge in [0.05, 0.1) is 19.3 Å². The summed E-state index contributed by atoms with van der Waals surface area (Å²) >= 11 is 6.02. The second kappa shape index (κ2) is 8.05. The maximum Gasteiger partial charge on any atom is 0.226 e. The highest BCUT2D eigenvalue weighted by Gasteiger charge is 2.47. The summed E-state index contributed by atoms with van der Waals surface area (Å²) in [4.78, 5) is 24.5. The molecule has 3 rings (SSSR count). The third-order valence-electron chi connectivity index (χ3n) is 5.10. The van der Waals surface area contributed by atoms with E-state index in [-0.39, 0.29) is 24.5 Å². The van der Waals surface area contributed by atoms with Gasteiger partial charge in [-0.2, -0.15) is 0 Å². The predicted octanol–water partition coefficient (Wildman–Crippen LogP) is 1.70. The molecule has 1 aliphatic heterocycles. The number of carbonyl (C=O) groups is 2. The van der Waals surface area contributed by atoms with Crippen LogP contribution in [0.15, 0.2) is 18.2 Å². The Morgan fingerprint density at radius 2 is 2.15 bits per heavy atom. The molecule has 0 aromatic heterocycles. The molecule has 0 bridgehead atoms. The number of nitrogens with zero attached hydrogens (tertiary/aromatic N) is 1. The normalized spacial score (nSPS) is 25.5. The first kappa shape index (κ1) is 19.3. The van der Waals surface area contributed by atoms with Crippen LogP contribution in [0.25, 0.3) is 0 Å². The quantitative estimate of drug-likeness (QED) is 0.548. The highest BCUT2D eigenvalue weighted by atomic mass is 35.5. The van der Waals surface area contributed by atoms with E-state index in [1.54, 1.807) is 0 Å². The maximum absolute atomic E-state index is 12.4. The number of ether oxygens (including phenoxy) is 2. The van der Waals surface area contributed by atoms with Crippen molar-refractivity contribution < 1.29 is 19.1 Å². The number of rotatable bonds is 8. The Labute approximate surface area is 158 Å². The lowest BCUT2D eigenvalue weighted by Crippen LogP contribution is -2.63. The van der Waals surface area contributed by atoms with Crippen LogP contribution in [0.3, 0.4) is 0 Å². The Hall–Kier alpha value is -1.47. The summed E-state index contributed by atoms with van der Waals surface area (Å²) < 4.78 is 11.0. The fourth-order valence-corrected chi connectivity index (χ4v) is 3.63. The van der Waals surface area contributed by atoms with Gasteiger partial charge in [-0.15, -0.1) is 0 Å². The van der Waals surface area contributed by atoms with Gasteiger partial charge in [-0.25, -0.2) is 0 Å². The molecule has 1 heterocycles. The molecule has 1 aliphatic carbocycles. The topological polar surface area (TPSA) is 81.9 Å². The molecule has 0 atom stereocenters. The Bertz CT molecular complexity index is 670. The number of aldehydes is 1. The number of aryl methyl sites for hydroxylation is 1. The Balaban J connectivity index is 1.35. The minimum atomic E-state index is -0.476. The van der Waals surface area contributed by atoms with E-state index in [0.29, 0.717) is 45.4 Å². The van der Waals surface area contributed by atoms with Crippen molar-refractivity contribution in [1.29, 1.82) is 0 Å². The predicted molar refractivity (Wildman–Crippen MR) is 97.9 cm³/mol. The number of hydrogen-bond acceptors (Lipinski definition) is 5. The number of halogens is 1. The zero-order valence-electron chi connectivity index (χ0n) is 14.9. The van der Waals surface area contributed by atoms with E-state index >= 15 is 0 Å². The molecule has 1 saturated carbocycles.